The summed E-state index contributed by atoms with van der Waals surface area (Å²) in [6.07, 6.45) is 4.46. The highest BCUT2D eigenvalue weighted by Crippen LogP contribution is 2.38. The highest BCUT2D eigenvalue weighted by molar-refractivity contribution is 6.05. The highest BCUT2D eigenvalue weighted by Gasteiger charge is 2.45. The van der Waals surface area contributed by atoms with Crippen LogP contribution < -0.4 is 10.1 Å². The molecule has 3 aliphatic heterocycles. The lowest BCUT2D eigenvalue weighted by molar-refractivity contribution is -0.136. The van der Waals surface area contributed by atoms with Crippen LogP contribution in [0.5, 0.6) is 5.75 Å². The van der Waals surface area contributed by atoms with Gasteiger partial charge < -0.3 is 14.4 Å². The van der Waals surface area contributed by atoms with Gasteiger partial charge in [-0.1, -0.05) is 6.92 Å². The number of benzene rings is 1. The Bertz CT molecular complexity index is 944. The maximum Gasteiger partial charge on any atom is 0.255 e. The van der Waals surface area contributed by atoms with Gasteiger partial charge in [-0.2, -0.15) is 0 Å². The minimum Gasteiger partial charge on any atom is -0.489 e. The second-order valence-electron chi connectivity index (χ2n) is 9.65. The molecule has 3 fully saturated rings. The van der Waals surface area contributed by atoms with Crippen molar-refractivity contribution in [3.63, 3.8) is 0 Å². The fourth-order valence-corrected chi connectivity index (χ4v) is 5.89. The number of ether oxygens (including phenoxy) is 2. The Morgan fingerprint density at radius 3 is 2.64 bits per heavy atom. The summed E-state index contributed by atoms with van der Waals surface area (Å²) in [5.74, 6) is 0.476. The first-order chi connectivity index (χ1) is 16.0. The number of piperidine rings is 1. The van der Waals surface area contributed by atoms with Crippen molar-refractivity contribution in [1.29, 1.82) is 0 Å². The van der Waals surface area contributed by atoms with E-state index in [1.165, 1.54) is 0 Å². The summed E-state index contributed by atoms with van der Waals surface area (Å²) in [6.45, 7) is 7.32. The molecule has 4 atom stereocenters. The fraction of sp³-hybridized carbons (Fsp3) is 0.640. The number of rotatable bonds is 7. The van der Waals surface area contributed by atoms with Gasteiger partial charge in [0.25, 0.3) is 5.91 Å². The molecule has 8 heteroatoms. The van der Waals surface area contributed by atoms with Crippen LogP contribution in [-0.2, 0) is 20.9 Å². The van der Waals surface area contributed by atoms with E-state index in [1.54, 1.807) is 4.90 Å². The summed E-state index contributed by atoms with van der Waals surface area (Å²) in [7, 11) is 0. The lowest BCUT2D eigenvalue weighted by Crippen LogP contribution is -2.59. The van der Waals surface area contributed by atoms with Crippen LogP contribution in [0.2, 0.25) is 0 Å². The molecule has 4 aliphatic rings. The molecule has 4 unspecified atom stereocenters. The Morgan fingerprint density at radius 1 is 1.09 bits per heavy atom. The van der Waals surface area contributed by atoms with E-state index < -0.39 is 6.04 Å². The van der Waals surface area contributed by atoms with Crippen molar-refractivity contribution in [2.24, 2.45) is 5.92 Å². The molecule has 0 bridgehead atoms. The van der Waals surface area contributed by atoms with Crippen molar-refractivity contribution in [2.45, 2.75) is 76.8 Å². The second kappa shape index (κ2) is 9.06. The molecule has 178 valence electrons. The minimum atomic E-state index is -0.597. The fourth-order valence-electron chi connectivity index (χ4n) is 5.89. The van der Waals surface area contributed by atoms with Crippen LogP contribution in [-0.4, -0.2) is 71.5 Å². The number of nitrogens with one attached hydrogen (secondary N) is 1. The molecule has 2 saturated heterocycles. The average molecular weight is 456 g/mol. The number of nitrogens with zero attached hydrogens (tertiary/aromatic N) is 2. The van der Waals surface area contributed by atoms with Gasteiger partial charge in [0, 0.05) is 44.3 Å². The first kappa shape index (κ1) is 22.3. The second-order valence-corrected chi connectivity index (χ2v) is 9.65. The predicted octanol–water partition coefficient (Wildman–Crippen LogP) is 2.10. The van der Waals surface area contributed by atoms with E-state index in [1.807, 2.05) is 25.1 Å². The van der Waals surface area contributed by atoms with E-state index in [-0.39, 0.29) is 30.2 Å². The normalized spacial score (nSPS) is 30.4. The molecule has 0 spiro atoms. The first-order valence-corrected chi connectivity index (χ1v) is 12.3. The van der Waals surface area contributed by atoms with Crippen LogP contribution in [0.25, 0.3) is 0 Å². The molecule has 1 aromatic carbocycles. The van der Waals surface area contributed by atoms with Crippen molar-refractivity contribution in [3.05, 3.63) is 29.3 Å². The van der Waals surface area contributed by atoms with Crippen LogP contribution in [0.1, 0.15) is 61.9 Å². The standard InChI is InChI=1S/C25H33N3O5/c1-3-15-5-8-20(27-13-18(14-27)32-4-2)23(15)33-17-6-7-19-16(11-17)12-28(25(19)31)21-9-10-22(29)26-24(21)30/h6-7,11,15,18,20-21,23H,3-5,8-10,12-14H2,1-2H3,(H,26,29,30). The third-order valence-electron chi connectivity index (χ3n) is 7.72. The summed E-state index contributed by atoms with van der Waals surface area (Å²) >= 11 is 0. The zero-order valence-electron chi connectivity index (χ0n) is 19.4. The molecule has 1 saturated carbocycles. The van der Waals surface area contributed by atoms with Gasteiger partial charge in [-0.15, -0.1) is 0 Å². The molecular formula is C25H33N3O5. The molecule has 1 N–H and O–H groups in total. The Balaban J connectivity index is 1.28. The van der Waals surface area contributed by atoms with Crippen molar-refractivity contribution in [3.8, 4) is 5.75 Å². The quantitative estimate of drug-likeness (QED) is 0.634. The number of imide groups is 1. The van der Waals surface area contributed by atoms with Gasteiger partial charge >= 0.3 is 0 Å². The Hall–Kier alpha value is -2.45. The topological polar surface area (TPSA) is 88.2 Å². The van der Waals surface area contributed by atoms with Crippen LogP contribution in [0.4, 0.5) is 0 Å². The Morgan fingerprint density at radius 2 is 1.91 bits per heavy atom. The van der Waals surface area contributed by atoms with Crippen molar-refractivity contribution >= 4 is 17.7 Å². The number of amides is 3. The first-order valence-electron chi connectivity index (χ1n) is 12.3. The number of hydrogen-bond donors (Lipinski definition) is 1. The predicted molar refractivity (Wildman–Crippen MR) is 121 cm³/mol. The monoisotopic (exact) mass is 455 g/mol. The van der Waals surface area contributed by atoms with E-state index >= 15 is 0 Å². The maximum absolute atomic E-state index is 13.0. The van der Waals surface area contributed by atoms with Gasteiger partial charge in [0.15, 0.2) is 0 Å². The maximum atomic E-state index is 13.0. The molecule has 8 nitrogen and oxygen atoms in total. The minimum absolute atomic E-state index is 0.124. The third-order valence-corrected chi connectivity index (χ3v) is 7.72. The molecular weight excluding hydrogens is 422 g/mol. The zero-order valence-corrected chi connectivity index (χ0v) is 19.4. The van der Waals surface area contributed by atoms with E-state index in [2.05, 4.69) is 17.1 Å². The zero-order chi connectivity index (χ0) is 23.1. The van der Waals surface area contributed by atoms with Crippen LogP contribution in [0.15, 0.2) is 18.2 Å². The van der Waals surface area contributed by atoms with Crippen LogP contribution in [0, 0.1) is 5.92 Å². The molecule has 3 heterocycles. The number of hydrogen-bond acceptors (Lipinski definition) is 6. The van der Waals surface area contributed by atoms with Gasteiger partial charge in [0.05, 0.1) is 6.10 Å². The van der Waals surface area contributed by atoms with Gasteiger partial charge in [0.1, 0.15) is 17.9 Å². The summed E-state index contributed by atoms with van der Waals surface area (Å²) in [4.78, 5) is 40.8. The van der Waals surface area contributed by atoms with E-state index in [0.29, 0.717) is 36.6 Å². The summed E-state index contributed by atoms with van der Waals surface area (Å²) < 4.78 is 12.3. The van der Waals surface area contributed by atoms with Gasteiger partial charge in [-0.05, 0) is 62.3 Å². The molecule has 1 aliphatic carbocycles. The summed E-state index contributed by atoms with van der Waals surface area (Å²) in [6, 6.07) is 5.45. The van der Waals surface area contributed by atoms with E-state index in [4.69, 9.17) is 9.47 Å². The largest absolute Gasteiger partial charge is 0.489 e. The van der Waals surface area contributed by atoms with Crippen LogP contribution in [0.3, 0.4) is 0 Å². The molecule has 3 amide bonds. The molecule has 0 aromatic heterocycles. The lowest BCUT2D eigenvalue weighted by Gasteiger charge is -2.45. The number of carbonyl (C=O) groups is 3. The van der Waals surface area contributed by atoms with Crippen molar-refractivity contribution in [2.75, 3.05) is 19.7 Å². The lowest BCUT2D eigenvalue weighted by atomic mass is 9.99. The van der Waals surface area contributed by atoms with E-state index in [9.17, 15) is 14.4 Å². The van der Waals surface area contributed by atoms with E-state index in [0.717, 1.165) is 50.3 Å². The Labute approximate surface area is 194 Å². The van der Waals surface area contributed by atoms with Gasteiger partial charge in [0.2, 0.25) is 11.8 Å². The van der Waals surface area contributed by atoms with Crippen molar-refractivity contribution in [1.82, 2.24) is 15.1 Å². The number of likely N-dealkylation sites (tertiary alicyclic amines) is 1. The third kappa shape index (κ3) is 4.15. The molecule has 5 rings (SSSR count). The molecule has 0 radical (unpaired) electrons. The smallest absolute Gasteiger partial charge is 0.255 e. The number of fused-ring (bicyclic) bond motifs is 1. The van der Waals surface area contributed by atoms with Gasteiger partial charge in [-0.3, -0.25) is 24.6 Å². The average Bonchev–Trinajstić information content (AvgIpc) is 3.31. The van der Waals surface area contributed by atoms with Crippen LogP contribution >= 0.6 is 0 Å². The molecule has 33 heavy (non-hydrogen) atoms. The van der Waals surface area contributed by atoms with Crippen molar-refractivity contribution < 1.29 is 23.9 Å². The Kier molecular flexibility index (Phi) is 6.14. The summed E-state index contributed by atoms with van der Waals surface area (Å²) in [5.41, 5.74) is 1.49. The SMILES string of the molecule is CCOC1CN(C2CCC(CC)C2Oc2ccc3c(c2)CN(C2CCC(=O)NC2=O)C3=O)C1. The van der Waals surface area contributed by atoms with Gasteiger partial charge in [-0.25, -0.2) is 0 Å². The number of carbonyl (C=O) groups excluding carboxylic acids is 3. The highest BCUT2D eigenvalue weighted by atomic mass is 16.5. The molecule has 1 aromatic rings. The summed E-state index contributed by atoms with van der Waals surface area (Å²) in [5, 5.41) is 2.35.